The van der Waals surface area contributed by atoms with E-state index in [4.69, 9.17) is 4.43 Å². The summed E-state index contributed by atoms with van der Waals surface area (Å²) in [5, 5.41) is 0.308. The number of rotatable bonds is 12. The van der Waals surface area contributed by atoms with Crippen molar-refractivity contribution < 1.29 is 9.22 Å². The van der Waals surface area contributed by atoms with Crippen molar-refractivity contribution in [3.05, 3.63) is 0 Å². The van der Waals surface area contributed by atoms with Crippen LogP contribution in [-0.4, -0.2) is 20.7 Å². The summed E-state index contributed by atoms with van der Waals surface area (Å²) in [6.45, 7) is 13.8. The second-order valence-electron chi connectivity index (χ2n) is 7.91. The maximum atomic E-state index is 10.2. The Bertz CT molecular complexity index is 269. The molecule has 0 aliphatic carbocycles. The van der Waals surface area contributed by atoms with Crippen molar-refractivity contribution in [2.24, 2.45) is 0 Å². The second-order valence-corrected chi connectivity index (χ2v) is 12.7. The van der Waals surface area contributed by atoms with Gasteiger partial charge in [-0.3, -0.25) is 0 Å². The van der Waals surface area contributed by atoms with Gasteiger partial charge in [-0.2, -0.15) is 0 Å². The van der Waals surface area contributed by atoms with Gasteiger partial charge in [-0.1, -0.05) is 59.3 Å². The highest BCUT2D eigenvalue weighted by molar-refractivity contribution is 6.74. The first-order chi connectivity index (χ1) is 9.70. The highest BCUT2D eigenvalue weighted by atomic mass is 28.4. The zero-order valence-electron chi connectivity index (χ0n) is 15.3. The summed E-state index contributed by atoms with van der Waals surface area (Å²) in [5.74, 6) is 0. The van der Waals surface area contributed by atoms with Gasteiger partial charge in [0.05, 0.1) is 0 Å². The van der Waals surface area contributed by atoms with Crippen molar-refractivity contribution in [2.75, 3.05) is 0 Å². The fraction of sp³-hybridized carbons (Fsp3) is 0.944. The van der Waals surface area contributed by atoms with E-state index in [0.717, 1.165) is 19.1 Å². The lowest BCUT2D eigenvalue weighted by Crippen LogP contribution is -2.43. The third kappa shape index (κ3) is 10.2. The summed E-state index contributed by atoms with van der Waals surface area (Å²) in [4.78, 5) is 10.2. The first-order valence-corrected chi connectivity index (χ1v) is 11.7. The van der Waals surface area contributed by atoms with Crippen LogP contribution >= 0.6 is 0 Å². The first-order valence-electron chi connectivity index (χ1n) is 8.82. The summed E-state index contributed by atoms with van der Waals surface area (Å²) >= 11 is 0. The summed E-state index contributed by atoms with van der Waals surface area (Å²) in [5.41, 5.74) is 0. The van der Waals surface area contributed by atoms with E-state index in [-0.39, 0.29) is 0 Å². The van der Waals surface area contributed by atoms with E-state index in [1.165, 1.54) is 44.9 Å². The Hall–Kier alpha value is -0.153. The fourth-order valence-corrected chi connectivity index (χ4v) is 3.76. The molecule has 21 heavy (non-hydrogen) atoms. The van der Waals surface area contributed by atoms with Crippen molar-refractivity contribution >= 4 is 14.6 Å². The highest BCUT2D eigenvalue weighted by Crippen LogP contribution is 2.37. The summed E-state index contributed by atoms with van der Waals surface area (Å²) < 4.78 is 6.38. The van der Waals surface area contributed by atoms with E-state index in [1.54, 1.807) is 0 Å². The topological polar surface area (TPSA) is 26.3 Å². The van der Waals surface area contributed by atoms with Crippen LogP contribution in [0.4, 0.5) is 0 Å². The zero-order valence-corrected chi connectivity index (χ0v) is 16.3. The van der Waals surface area contributed by atoms with E-state index in [0.29, 0.717) is 11.1 Å². The molecular weight excluding hydrogens is 276 g/mol. The number of carbonyl (C=O) groups excluding carboxylic acids is 1. The molecule has 0 N–H and O–H groups in total. The molecule has 0 fully saturated rings. The molecule has 1 atom stereocenters. The molecule has 0 aliphatic heterocycles. The minimum atomic E-state index is -1.59. The molecule has 0 saturated carbocycles. The Morgan fingerprint density at radius 2 is 1.43 bits per heavy atom. The van der Waals surface area contributed by atoms with Crippen molar-refractivity contribution in [3.8, 4) is 0 Å². The lowest BCUT2D eigenvalue weighted by Gasteiger charge is -2.38. The van der Waals surface area contributed by atoms with Crippen LogP contribution in [0.3, 0.4) is 0 Å². The molecular formula is C18H38O2Si. The smallest absolute Gasteiger partial charge is 0.192 e. The molecule has 0 heterocycles. The van der Waals surface area contributed by atoms with Crippen LogP contribution in [0.5, 0.6) is 0 Å². The summed E-state index contributed by atoms with van der Waals surface area (Å²) in [6, 6.07) is 0. The van der Waals surface area contributed by atoms with E-state index < -0.39 is 8.32 Å². The van der Waals surface area contributed by atoms with Crippen LogP contribution in [-0.2, 0) is 9.22 Å². The molecule has 0 aromatic heterocycles. The van der Waals surface area contributed by atoms with E-state index >= 15 is 0 Å². The predicted molar refractivity (Wildman–Crippen MR) is 95.4 cm³/mol. The van der Waals surface area contributed by atoms with Gasteiger partial charge in [0.15, 0.2) is 8.32 Å². The highest BCUT2D eigenvalue weighted by Gasteiger charge is 2.38. The molecule has 2 nitrogen and oxygen atoms in total. The van der Waals surface area contributed by atoms with Gasteiger partial charge >= 0.3 is 0 Å². The lowest BCUT2D eigenvalue weighted by atomic mass is 10.1. The molecule has 0 bridgehead atoms. The minimum absolute atomic E-state index is 0.308. The molecule has 3 heteroatoms. The molecule has 0 aliphatic rings. The van der Waals surface area contributed by atoms with Gasteiger partial charge in [-0.25, -0.2) is 0 Å². The van der Waals surface area contributed by atoms with E-state index in [1.807, 2.05) is 0 Å². The SMILES string of the molecule is CC(CCCCCCCCCC=O)O[Si](C)(C)C(C)(C)C. The molecule has 0 radical (unpaired) electrons. The van der Waals surface area contributed by atoms with Gasteiger partial charge in [0.25, 0.3) is 0 Å². The van der Waals surface area contributed by atoms with Crippen LogP contribution in [0.2, 0.25) is 18.1 Å². The minimum Gasteiger partial charge on any atom is -0.414 e. The average molecular weight is 315 g/mol. The van der Waals surface area contributed by atoms with Gasteiger partial charge < -0.3 is 9.22 Å². The molecule has 0 aromatic carbocycles. The molecule has 126 valence electrons. The maximum Gasteiger partial charge on any atom is 0.192 e. The van der Waals surface area contributed by atoms with Crippen molar-refractivity contribution in [2.45, 2.75) is 110 Å². The quantitative estimate of drug-likeness (QED) is 0.247. The second kappa shape index (κ2) is 10.6. The molecule has 0 saturated heterocycles. The third-order valence-electron chi connectivity index (χ3n) is 4.73. The van der Waals surface area contributed by atoms with Crippen LogP contribution in [0.25, 0.3) is 0 Å². The average Bonchev–Trinajstić information content (AvgIpc) is 2.35. The van der Waals surface area contributed by atoms with E-state index in [9.17, 15) is 4.79 Å². The van der Waals surface area contributed by atoms with Crippen LogP contribution < -0.4 is 0 Å². The lowest BCUT2D eigenvalue weighted by molar-refractivity contribution is -0.107. The van der Waals surface area contributed by atoms with Gasteiger partial charge in [-0.15, -0.1) is 0 Å². The van der Waals surface area contributed by atoms with Gasteiger partial charge in [0.2, 0.25) is 0 Å². The Kier molecular flexibility index (Phi) is 10.5. The Morgan fingerprint density at radius 3 is 1.90 bits per heavy atom. The normalized spacial score (nSPS) is 14.2. The number of unbranched alkanes of at least 4 members (excludes halogenated alkanes) is 7. The fourth-order valence-electron chi connectivity index (χ4n) is 2.28. The number of hydrogen-bond donors (Lipinski definition) is 0. The Morgan fingerprint density at radius 1 is 0.952 bits per heavy atom. The summed E-state index contributed by atoms with van der Waals surface area (Å²) in [6.07, 6.45) is 12.2. The van der Waals surface area contributed by atoms with Crippen molar-refractivity contribution in [3.63, 3.8) is 0 Å². The molecule has 0 spiro atoms. The Balaban J connectivity index is 3.58. The third-order valence-corrected chi connectivity index (χ3v) is 9.34. The number of aldehydes is 1. The molecule has 1 unspecified atom stereocenters. The van der Waals surface area contributed by atoms with Crippen LogP contribution in [0.1, 0.15) is 85.5 Å². The number of hydrogen-bond acceptors (Lipinski definition) is 2. The maximum absolute atomic E-state index is 10.2. The number of carbonyl (C=O) groups is 1. The van der Waals surface area contributed by atoms with Crippen molar-refractivity contribution in [1.82, 2.24) is 0 Å². The molecule has 0 aromatic rings. The van der Waals surface area contributed by atoms with E-state index in [2.05, 4.69) is 40.8 Å². The first kappa shape index (κ1) is 20.8. The zero-order chi connectivity index (χ0) is 16.4. The standard InChI is InChI=1S/C18H38O2Si/c1-17(20-21(5,6)18(2,3)4)15-13-11-9-7-8-10-12-14-16-19/h16-17H,7-15H2,1-6H3. The van der Waals surface area contributed by atoms with Crippen molar-refractivity contribution in [1.29, 1.82) is 0 Å². The summed E-state index contributed by atoms with van der Waals surface area (Å²) in [7, 11) is -1.59. The predicted octanol–water partition coefficient (Wildman–Crippen LogP) is 6.11. The monoisotopic (exact) mass is 314 g/mol. The molecule has 0 amide bonds. The van der Waals surface area contributed by atoms with Gasteiger partial charge in [0.1, 0.15) is 6.29 Å². The van der Waals surface area contributed by atoms with Crippen LogP contribution in [0, 0.1) is 0 Å². The van der Waals surface area contributed by atoms with Crippen LogP contribution in [0.15, 0.2) is 0 Å². The Labute approximate surface area is 134 Å². The molecule has 0 rings (SSSR count). The van der Waals surface area contributed by atoms with Gasteiger partial charge in [-0.05, 0) is 37.9 Å². The largest absolute Gasteiger partial charge is 0.414 e. The van der Waals surface area contributed by atoms with Gasteiger partial charge in [0, 0.05) is 12.5 Å².